The molecule has 1 amide bonds. The van der Waals surface area contributed by atoms with Crippen LogP contribution in [-0.4, -0.2) is 28.0 Å². The van der Waals surface area contributed by atoms with Crippen molar-refractivity contribution in [3.05, 3.63) is 71.4 Å². The minimum absolute atomic E-state index is 0.0376. The Morgan fingerprint density at radius 2 is 1.81 bits per heavy atom. The monoisotopic (exact) mass is 353 g/mol. The third-order valence-electron chi connectivity index (χ3n) is 4.12. The van der Waals surface area contributed by atoms with Crippen molar-refractivity contribution in [1.82, 2.24) is 15.0 Å². The van der Waals surface area contributed by atoms with E-state index in [0.717, 1.165) is 16.7 Å². The van der Waals surface area contributed by atoms with Gasteiger partial charge < -0.3 is 9.42 Å². The maximum absolute atomic E-state index is 12.9. The molecule has 0 fully saturated rings. The molecule has 1 aromatic heterocycles. The van der Waals surface area contributed by atoms with E-state index in [1.54, 1.807) is 24.1 Å². The average Bonchev–Trinajstić information content (AvgIpc) is 3.10. The summed E-state index contributed by atoms with van der Waals surface area (Å²) in [5.74, 6) is 0.577. The number of halogens is 1. The van der Waals surface area contributed by atoms with Crippen LogP contribution >= 0.6 is 0 Å². The van der Waals surface area contributed by atoms with Gasteiger partial charge in [0.2, 0.25) is 17.6 Å². The number of aromatic nitrogens is 2. The highest BCUT2D eigenvalue weighted by Crippen LogP contribution is 2.17. The number of hydrogen-bond donors (Lipinski definition) is 0. The highest BCUT2D eigenvalue weighted by molar-refractivity contribution is 5.76. The van der Waals surface area contributed by atoms with Crippen molar-refractivity contribution in [2.45, 2.75) is 26.3 Å². The number of aryl methyl sites for hydroxylation is 2. The molecular formula is C20H20FN3O2. The van der Waals surface area contributed by atoms with Crippen molar-refractivity contribution in [2.24, 2.45) is 0 Å². The van der Waals surface area contributed by atoms with Crippen molar-refractivity contribution < 1.29 is 13.7 Å². The first-order chi connectivity index (χ1) is 12.5. The molecule has 26 heavy (non-hydrogen) atoms. The molecule has 0 radical (unpaired) electrons. The standard InChI is InChI=1S/C20H20FN3O2/c1-14-3-8-16(9-4-14)20-22-18(26-23-20)13-24(2)19(25)12-7-15-5-10-17(21)11-6-15/h3-6,8-11H,7,12-13H2,1-2H3. The van der Waals surface area contributed by atoms with Gasteiger partial charge in [-0.05, 0) is 31.0 Å². The van der Waals surface area contributed by atoms with E-state index in [4.69, 9.17) is 4.52 Å². The molecule has 3 aromatic rings. The molecule has 0 bridgehead atoms. The van der Waals surface area contributed by atoms with Gasteiger partial charge in [-0.3, -0.25) is 4.79 Å². The van der Waals surface area contributed by atoms with Crippen LogP contribution in [0.3, 0.4) is 0 Å². The van der Waals surface area contributed by atoms with Gasteiger partial charge in [0.05, 0.1) is 6.54 Å². The molecule has 2 aromatic carbocycles. The van der Waals surface area contributed by atoms with Crippen molar-refractivity contribution in [3.8, 4) is 11.4 Å². The Balaban J connectivity index is 1.55. The van der Waals surface area contributed by atoms with Gasteiger partial charge in [0.15, 0.2) is 0 Å². The lowest BCUT2D eigenvalue weighted by Crippen LogP contribution is -2.26. The van der Waals surface area contributed by atoms with Crippen molar-refractivity contribution in [1.29, 1.82) is 0 Å². The molecule has 0 aliphatic carbocycles. The van der Waals surface area contributed by atoms with Crippen molar-refractivity contribution in [3.63, 3.8) is 0 Å². The molecule has 0 atom stereocenters. The molecule has 3 rings (SSSR count). The Kier molecular flexibility index (Phi) is 5.41. The Hall–Kier alpha value is -3.02. The van der Waals surface area contributed by atoms with Crippen LogP contribution in [0.5, 0.6) is 0 Å². The maximum Gasteiger partial charge on any atom is 0.246 e. The van der Waals surface area contributed by atoms with Gasteiger partial charge in [-0.1, -0.05) is 47.1 Å². The van der Waals surface area contributed by atoms with Gasteiger partial charge >= 0.3 is 0 Å². The number of rotatable bonds is 6. The van der Waals surface area contributed by atoms with Crippen LogP contribution in [0.1, 0.15) is 23.4 Å². The lowest BCUT2D eigenvalue weighted by Gasteiger charge is -2.14. The predicted molar refractivity (Wildman–Crippen MR) is 95.7 cm³/mol. The Bertz CT molecular complexity index is 873. The lowest BCUT2D eigenvalue weighted by molar-refractivity contribution is -0.130. The predicted octanol–water partition coefficient (Wildman–Crippen LogP) is 3.78. The summed E-state index contributed by atoms with van der Waals surface area (Å²) in [5.41, 5.74) is 2.95. The molecule has 6 heteroatoms. The molecule has 5 nitrogen and oxygen atoms in total. The molecule has 0 saturated heterocycles. The third kappa shape index (κ3) is 4.53. The lowest BCUT2D eigenvalue weighted by atomic mass is 10.1. The van der Waals surface area contributed by atoms with Crippen LogP contribution in [-0.2, 0) is 17.8 Å². The summed E-state index contributed by atoms with van der Waals surface area (Å²) in [4.78, 5) is 18.2. The van der Waals surface area contributed by atoms with Crippen molar-refractivity contribution in [2.75, 3.05) is 7.05 Å². The fraction of sp³-hybridized carbons (Fsp3) is 0.250. The summed E-state index contributed by atoms with van der Waals surface area (Å²) in [6.45, 7) is 2.26. The smallest absolute Gasteiger partial charge is 0.246 e. The number of carbonyl (C=O) groups excluding carboxylic acids is 1. The van der Waals surface area contributed by atoms with Gasteiger partial charge in [-0.15, -0.1) is 0 Å². The van der Waals surface area contributed by atoms with Gasteiger partial charge in [-0.2, -0.15) is 4.98 Å². The van der Waals surface area contributed by atoms with Crippen LogP contribution in [0.15, 0.2) is 53.1 Å². The Morgan fingerprint density at radius 1 is 1.12 bits per heavy atom. The number of carbonyl (C=O) groups is 1. The van der Waals surface area contributed by atoms with E-state index in [0.29, 0.717) is 24.6 Å². The quantitative estimate of drug-likeness (QED) is 0.677. The molecule has 0 aliphatic heterocycles. The fourth-order valence-corrected chi connectivity index (χ4v) is 2.52. The molecule has 0 aliphatic rings. The fourth-order valence-electron chi connectivity index (χ4n) is 2.52. The van der Waals surface area contributed by atoms with E-state index in [-0.39, 0.29) is 18.3 Å². The van der Waals surface area contributed by atoms with E-state index in [1.165, 1.54) is 12.1 Å². The summed E-state index contributed by atoms with van der Waals surface area (Å²) in [6.07, 6.45) is 0.892. The molecule has 1 heterocycles. The second-order valence-electron chi connectivity index (χ2n) is 6.25. The first-order valence-electron chi connectivity index (χ1n) is 8.39. The van der Waals surface area contributed by atoms with E-state index in [1.807, 2.05) is 31.2 Å². The molecule has 0 spiro atoms. The number of nitrogens with zero attached hydrogens (tertiary/aromatic N) is 3. The Labute approximate surface area is 151 Å². The van der Waals surface area contributed by atoms with Crippen LogP contribution in [0.25, 0.3) is 11.4 Å². The molecule has 0 unspecified atom stereocenters. The average molecular weight is 353 g/mol. The van der Waals surface area contributed by atoms with Crippen molar-refractivity contribution >= 4 is 5.91 Å². The highest BCUT2D eigenvalue weighted by atomic mass is 19.1. The maximum atomic E-state index is 12.9. The van der Waals surface area contributed by atoms with E-state index >= 15 is 0 Å². The van der Waals surface area contributed by atoms with Crippen LogP contribution in [0.2, 0.25) is 0 Å². The number of amides is 1. The summed E-state index contributed by atoms with van der Waals surface area (Å²) in [7, 11) is 1.70. The van der Waals surface area contributed by atoms with Crippen LogP contribution < -0.4 is 0 Å². The molecule has 0 saturated carbocycles. The van der Waals surface area contributed by atoms with Crippen LogP contribution in [0, 0.1) is 12.7 Å². The third-order valence-corrected chi connectivity index (χ3v) is 4.12. The topological polar surface area (TPSA) is 59.2 Å². The summed E-state index contributed by atoms with van der Waals surface area (Å²) in [5, 5.41) is 3.97. The summed E-state index contributed by atoms with van der Waals surface area (Å²) in [6, 6.07) is 14.0. The Morgan fingerprint density at radius 3 is 2.50 bits per heavy atom. The normalized spacial score (nSPS) is 10.7. The minimum Gasteiger partial charge on any atom is -0.337 e. The zero-order valence-electron chi connectivity index (χ0n) is 14.8. The summed E-state index contributed by atoms with van der Waals surface area (Å²) >= 11 is 0. The van der Waals surface area contributed by atoms with E-state index in [2.05, 4.69) is 10.1 Å². The van der Waals surface area contributed by atoms with Gasteiger partial charge in [0, 0.05) is 19.0 Å². The first kappa shape index (κ1) is 17.8. The highest BCUT2D eigenvalue weighted by Gasteiger charge is 2.14. The second-order valence-corrected chi connectivity index (χ2v) is 6.25. The van der Waals surface area contributed by atoms with E-state index in [9.17, 15) is 9.18 Å². The zero-order valence-corrected chi connectivity index (χ0v) is 14.8. The molecular weight excluding hydrogens is 333 g/mol. The van der Waals surface area contributed by atoms with Gasteiger partial charge in [0.25, 0.3) is 0 Å². The molecule has 0 N–H and O–H groups in total. The second kappa shape index (κ2) is 7.91. The van der Waals surface area contributed by atoms with E-state index < -0.39 is 0 Å². The zero-order chi connectivity index (χ0) is 18.5. The number of benzene rings is 2. The SMILES string of the molecule is Cc1ccc(-c2noc(CN(C)C(=O)CCc3ccc(F)cc3)n2)cc1. The summed E-state index contributed by atoms with van der Waals surface area (Å²) < 4.78 is 18.2. The first-order valence-corrected chi connectivity index (χ1v) is 8.39. The molecule has 134 valence electrons. The minimum atomic E-state index is -0.280. The van der Waals surface area contributed by atoms with Gasteiger partial charge in [0.1, 0.15) is 5.82 Å². The largest absolute Gasteiger partial charge is 0.337 e. The van der Waals surface area contributed by atoms with Gasteiger partial charge in [-0.25, -0.2) is 4.39 Å². The number of hydrogen-bond acceptors (Lipinski definition) is 4. The van der Waals surface area contributed by atoms with Crippen LogP contribution in [0.4, 0.5) is 4.39 Å².